The summed E-state index contributed by atoms with van der Waals surface area (Å²) in [5, 5.41) is 12.2. The van der Waals surface area contributed by atoms with E-state index < -0.39 is 0 Å². The number of anilines is 1. The monoisotopic (exact) mass is 332 g/mol. The van der Waals surface area contributed by atoms with E-state index >= 15 is 0 Å². The molecule has 23 heavy (non-hydrogen) atoms. The van der Waals surface area contributed by atoms with Crippen molar-refractivity contribution in [2.75, 3.05) is 32.1 Å². The lowest BCUT2D eigenvalue weighted by atomic mass is 10.2. The zero-order chi connectivity index (χ0) is 16.6. The summed E-state index contributed by atoms with van der Waals surface area (Å²) in [5.74, 6) is 0.108. The fraction of sp³-hybridized carbons (Fsp3) is 0.267. The van der Waals surface area contributed by atoms with E-state index in [-0.39, 0.29) is 12.5 Å². The number of aliphatic hydroxyl groups is 1. The van der Waals surface area contributed by atoms with E-state index in [9.17, 15) is 4.79 Å². The minimum atomic E-state index is -0.222. The van der Waals surface area contributed by atoms with Crippen molar-refractivity contribution in [3.8, 4) is 0 Å². The molecule has 0 bridgehead atoms. The second-order valence-corrected chi connectivity index (χ2v) is 5.59. The Bertz CT molecular complexity index is 814. The van der Waals surface area contributed by atoms with Gasteiger partial charge in [0.05, 0.1) is 6.61 Å². The number of oxazole rings is 1. The molecule has 0 aliphatic carbocycles. The summed E-state index contributed by atoms with van der Waals surface area (Å²) >= 11 is 5.02. The molecule has 2 aromatic rings. The zero-order valence-corrected chi connectivity index (χ0v) is 13.6. The van der Waals surface area contributed by atoms with Gasteiger partial charge in [0.1, 0.15) is 11.2 Å². The van der Waals surface area contributed by atoms with E-state index in [0.29, 0.717) is 34.3 Å². The number of hydrogen-bond donors (Lipinski definition) is 2. The van der Waals surface area contributed by atoms with Crippen molar-refractivity contribution in [3.05, 3.63) is 29.8 Å². The maximum Gasteiger partial charge on any atom is 0.276 e. The molecule has 0 radical (unpaired) electrons. The maximum atomic E-state index is 12.0. The molecule has 7 nitrogen and oxygen atoms in total. The molecule has 2 N–H and O–H groups in total. The third-order valence-electron chi connectivity index (χ3n) is 3.61. The molecule has 1 saturated heterocycles. The summed E-state index contributed by atoms with van der Waals surface area (Å²) < 4.78 is 5.69. The van der Waals surface area contributed by atoms with Crippen molar-refractivity contribution < 1.29 is 14.3 Å². The van der Waals surface area contributed by atoms with Crippen LogP contribution in [0, 0.1) is 0 Å². The number of fused-ring (bicyclic) bond motifs is 1. The highest BCUT2D eigenvalue weighted by Crippen LogP contribution is 2.23. The van der Waals surface area contributed by atoms with E-state index in [1.54, 1.807) is 7.05 Å². The van der Waals surface area contributed by atoms with Crippen LogP contribution in [0.3, 0.4) is 0 Å². The molecule has 0 atom stereocenters. The lowest BCUT2D eigenvalue weighted by Crippen LogP contribution is -2.25. The standard InChI is InChI=1S/C15H16N4O3S/c1-18(5-6-20)9-3-4-10-12(7-9)22-13(16-10)8-11-14(21)19(2)15(23)17-11/h3-4,7-8,20H,5-6H2,1-2H3,(H,17,23)/b11-8-. The summed E-state index contributed by atoms with van der Waals surface area (Å²) in [6.45, 7) is 0.599. The van der Waals surface area contributed by atoms with Gasteiger partial charge in [-0.25, -0.2) is 4.98 Å². The first-order chi connectivity index (χ1) is 11.0. The van der Waals surface area contributed by atoms with E-state index in [1.165, 1.54) is 11.0 Å². The SMILES string of the molecule is CN1C(=O)/C(=C/c2nc3ccc(N(C)CCO)cc3o2)NC1=S. The largest absolute Gasteiger partial charge is 0.437 e. The van der Waals surface area contributed by atoms with Crippen molar-refractivity contribution in [2.45, 2.75) is 0 Å². The molecule has 1 fully saturated rings. The van der Waals surface area contributed by atoms with Gasteiger partial charge in [0.25, 0.3) is 5.91 Å². The molecular formula is C15H16N4O3S. The Morgan fingerprint density at radius 3 is 2.96 bits per heavy atom. The predicted molar refractivity (Wildman–Crippen MR) is 90.8 cm³/mol. The fourth-order valence-electron chi connectivity index (χ4n) is 2.26. The van der Waals surface area contributed by atoms with Crippen molar-refractivity contribution in [2.24, 2.45) is 0 Å². The lowest BCUT2D eigenvalue weighted by Gasteiger charge is -2.17. The fourth-order valence-corrected chi connectivity index (χ4v) is 2.45. The van der Waals surface area contributed by atoms with Crippen LogP contribution >= 0.6 is 12.2 Å². The number of aromatic nitrogens is 1. The van der Waals surface area contributed by atoms with Crippen LogP contribution in [0.25, 0.3) is 17.2 Å². The normalized spacial score (nSPS) is 16.5. The molecule has 1 aromatic heterocycles. The molecule has 3 rings (SSSR count). The van der Waals surface area contributed by atoms with Crippen molar-refractivity contribution >= 4 is 46.1 Å². The van der Waals surface area contributed by atoms with Crippen LogP contribution in [-0.2, 0) is 4.79 Å². The Kier molecular flexibility index (Phi) is 4.01. The molecule has 1 aliphatic rings. The van der Waals surface area contributed by atoms with Crippen LogP contribution < -0.4 is 10.2 Å². The van der Waals surface area contributed by atoms with Gasteiger partial charge in [-0.1, -0.05) is 0 Å². The summed E-state index contributed by atoms with van der Waals surface area (Å²) in [6, 6.07) is 5.59. The van der Waals surface area contributed by atoms with Crippen LogP contribution in [0.4, 0.5) is 5.69 Å². The van der Waals surface area contributed by atoms with Crippen LogP contribution in [0.5, 0.6) is 0 Å². The molecule has 0 unspecified atom stereocenters. The number of carbonyl (C=O) groups excluding carboxylic acids is 1. The number of hydrogen-bond acceptors (Lipinski definition) is 6. The summed E-state index contributed by atoms with van der Waals surface area (Å²) in [5.41, 5.74) is 2.56. The van der Waals surface area contributed by atoms with Gasteiger partial charge in [-0.3, -0.25) is 9.69 Å². The number of nitrogens with one attached hydrogen (secondary N) is 1. The van der Waals surface area contributed by atoms with Crippen LogP contribution in [0.15, 0.2) is 28.3 Å². The quantitative estimate of drug-likeness (QED) is 0.637. The Hall–Kier alpha value is -2.45. The summed E-state index contributed by atoms with van der Waals surface area (Å²) in [6.07, 6.45) is 1.54. The number of thiocarbonyl (C=S) groups is 1. The molecule has 120 valence electrons. The molecule has 8 heteroatoms. The molecule has 2 heterocycles. The second-order valence-electron chi connectivity index (χ2n) is 5.20. The zero-order valence-electron chi connectivity index (χ0n) is 12.7. The van der Waals surface area contributed by atoms with Gasteiger partial charge in [-0.05, 0) is 24.4 Å². The number of nitrogens with zero attached hydrogens (tertiary/aromatic N) is 3. The first-order valence-corrected chi connectivity index (χ1v) is 7.44. The topological polar surface area (TPSA) is 81.8 Å². The third kappa shape index (κ3) is 2.90. The Morgan fingerprint density at radius 2 is 2.30 bits per heavy atom. The van der Waals surface area contributed by atoms with E-state index in [2.05, 4.69) is 10.3 Å². The summed E-state index contributed by atoms with van der Waals surface area (Å²) in [7, 11) is 3.49. The van der Waals surface area contributed by atoms with Gasteiger partial charge in [-0.2, -0.15) is 0 Å². The number of benzene rings is 1. The van der Waals surface area contributed by atoms with Crippen LogP contribution in [0.1, 0.15) is 5.89 Å². The minimum Gasteiger partial charge on any atom is -0.437 e. The van der Waals surface area contributed by atoms with Crippen molar-refractivity contribution in [1.82, 2.24) is 15.2 Å². The Labute approximate surface area is 138 Å². The smallest absolute Gasteiger partial charge is 0.276 e. The van der Waals surface area contributed by atoms with Gasteiger partial charge in [0.2, 0.25) is 5.89 Å². The van der Waals surface area contributed by atoms with E-state index in [4.69, 9.17) is 21.7 Å². The van der Waals surface area contributed by atoms with Crippen LogP contribution in [-0.4, -0.2) is 53.3 Å². The lowest BCUT2D eigenvalue weighted by molar-refractivity contribution is -0.121. The average molecular weight is 332 g/mol. The van der Waals surface area contributed by atoms with Crippen molar-refractivity contribution in [3.63, 3.8) is 0 Å². The van der Waals surface area contributed by atoms with E-state index in [1.807, 2.05) is 30.1 Å². The molecule has 0 spiro atoms. The molecular weight excluding hydrogens is 316 g/mol. The number of likely N-dealkylation sites (N-methyl/N-ethyl adjacent to an activating group) is 2. The first-order valence-electron chi connectivity index (χ1n) is 7.03. The third-order valence-corrected chi connectivity index (χ3v) is 3.99. The molecule has 1 amide bonds. The van der Waals surface area contributed by atoms with Gasteiger partial charge in [-0.15, -0.1) is 0 Å². The van der Waals surface area contributed by atoms with Gasteiger partial charge >= 0.3 is 0 Å². The predicted octanol–water partition coefficient (Wildman–Crippen LogP) is 0.944. The maximum absolute atomic E-state index is 12.0. The first kappa shape index (κ1) is 15.4. The average Bonchev–Trinajstić information content (AvgIpc) is 3.03. The van der Waals surface area contributed by atoms with Gasteiger partial charge < -0.3 is 19.7 Å². The highest BCUT2D eigenvalue weighted by molar-refractivity contribution is 7.80. The van der Waals surface area contributed by atoms with Crippen LogP contribution in [0.2, 0.25) is 0 Å². The van der Waals surface area contributed by atoms with Gasteiger partial charge in [0.15, 0.2) is 10.7 Å². The van der Waals surface area contributed by atoms with E-state index in [0.717, 1.165) is 5.69 Å². The number of rotatable bonds is 4. The number of amides is 1. The molecule has 1 aliphatic heterocycles. The number of aliphatic hydroxyl groups excluding tert-OH is 1. The molecule has 0 saturated carbocycles. The molecule has 1 aromatic carbocycles. The summed E-state index contributed by atoms with van der Waals surface area (Å²) in [4.78, 5) is 19.6. The Balaban J connectivity index is 1.92. The Morgan fingerprint density at radius 1 is 1.52 bits per heavy atom. The second kappa shape index (κ2) is 5.98. The van der Waals surface area contributed by atoms with Crippen molar-refractivity contribution in [1.29, 1.82) is 0 Å². The van der Waals surface area contributed by atoms with Gasteiger partial charge in [0, 0.05) is 38.5 Å². The minimum absolute atomic E-state index is 0.0729. The highest BCUT2D eigenvalue weighted by Gasteiger charge is 2.27. The number of carbonyl (C=O) groups is 1. The highest BCUT2D eigenvalue weighted by atomic mass is 32.1.